The Labute approximate surface area is 211 Å². The Hall–Kier alpha value is -1.58. The zero-order valence-electron chi connectivity index (χ0n) is 22.7. The van der Waals surface area contributed by atoms with Gasteiger partial charge in [0.05, 0.1) is 0 Å². The minimum Gasteiger partial charge on any atom is -0.356 e. The lowest BCUT2D eigenvalue weighted by molar-refractivity contribution is -0.123. The number of rotatable bonds is 25. The van der Waals surface area contributed by atoms with Crippen LogP contribution in [0.25, 0.3) is 0 Å². The van der Waals surface area contributed by atoms with E-state index in [0.717, 1.165) is 51.6 Å². The fourth-order valence-electron chi connectivity index (χ4n) is 3.85. The van der Waals surface area contributed by atoms with Crippen molar-refractivity contribution in [1.29, 1.82) is 0 Å². The van der Waals surface area contributed by atoms with Crippen molar-refractivity contribution in [2.24, 2.45) is 0 Å². The molecule has 0 saturated heterocycles. The SMILES string of the molecule is CCCCCCC/C=C/CCCNC(=O)CCCCC(=O)NCCC/C=C/CCCCCCC. The van der Waals surface area contributed by atoms with E-state index in [2.05, 4.69) is 48.8 Å². The van der Waals surface area contributed by atoms with Crippen LogP contribution >= 0.6 is 0 Å². The van der Waals surface area contributed by atoms with Crippen LogP contribution in [0.3, 0.4) is 0 Å². The first-order valence-corrected chi connectivity index (χ1v) is 14.5. The molecule has 2 amide bonds. The van der Waals surface area contributed by atoms with Crippen LogP contribution in [-0.2, 0) is 9.59 Å². The van der Waals surface area contributed by atoms with Gasteiger partial charge in [-0.15, -0.1) is 0 Å². The van der Waals surface area contributed by atoms with Crippen molar-refractivity contribution in [3.8, 4) is 0 Å². The van der Waals surface area contributed by atoms with Crippen molar-refractivity contribution in [1.82, 2.24) is 10.6 Å². The zero-order valence-corrected chi connectivity index (χ0v) is 22.7. The molecule has 0 atom stereocenters. The van der Waals surface area contributed by atoms with E-state index < -0.39 is 0 Å². The van der Waals surface area contributed by atoms with E-state index >= 15 is 0 Å². The second-order valence-electron chi connectivity index (χ2n) is 9.54. The van der Waals surface area contributed by atoms with Crippen LogP contribution in [0.1, 0.15) is 142 Å². The lowest BCUT2D eigenvalue weighted by atomic mass is 10.1. The fourth-order valence-corrected chi connectivity index (χ4v) is 3.85. The highest BCUT2D eigenvalue weighted by Crippen LogP contribution is 2.07. The van der Waals surface area contributed by atoms with E-state index in [0.29, 0.717) is 12.8 Å². The maximum absolute atomic E-state index is 11.9. The molecule has 4 heteroatoms. The smallest absolute Gasteiger partial charge is 0.219 e. The lowest BCUT2D eigenvalue weighted by Gasteiger charge is -2.05. The molecule has 0 aromatic rings. The molecule has 0 aliphatic carbocycles. The van der Waals surface area contributed by atoms with E-state index in [1.54, 1.807) is 0 Å². The Balaban J connectivity index is 3.39. The van der Waals surface area contributed by atoms with Crippen molar-refractivity contribution in [3.05, 3.63) is 24.3 Å². The summed E-state index contributed by atoms with van der Waals surface area (Å²) in [5.41, 5.74) is 0. The van der Waals surface area contributed by atoms with Crippen LogP contribution in [0, 0.1) is 0 Å². The van der Waals surface area contributed by atoms with Gasteiger partial charge in [-0.2, -0.15) is 0 Å². The van der Waals surface area contributed by atoms with Crippen molar-refractivity contribution in [3.63, 3.8) is 0 Å². The average molecular weight is 477 g/mol. The number of amides is 2. The molecule has 0 radical (unpaired) electrons. The Bertz CT molecular complexity index is 468. The number of carbonyl (C=O) groups excluding carboxylic acids is 2. The predicted molar refractivity (Wildman–Crippen MR) is 148 cm³/mol. The average Bonchev–Trinajstić information content (AvgIpc) is 2.83. The molecule has 2 N–H and O–H groups in total. The van der Waals surface area contributed by atoms with Gasteiger partial charge in [0.25, 0.3) is 0 Å². The number of hydrogen-bond acceptors (Lipinski definition) is 2. The third-order valence-electron chi connectivity index (χ3n) is 6.08. The monoisotopic (exact) mass is 476 g/mol. The molecule has 0 aromatic heterocycles. The minimum atomic E-state index is 0.109. The highest BCUT2D eigenvalue weighted by molar-refractivity contribution is 5.77. The summed E-state index contributed by atoms with van der Waals surface area (Å²) >= 11 is 0. The second-order valence-corrected chi connectivity index (χ2v) is 9.54. The third-order valence-corrected chi connectivity index (χ3v) is 6.08. The molecule has 0 saturated carbocycles. The summed E-state index contributed by atoms with van der Waals surface area (Å²) in [6.45, 7) is 5.98. The van der Waals surface area contributed by atoms with Gasteiger partial charge in [0.1, 0.15) is 0 Å². The summed E-state index contributed by atoms with van der Waals surface area (Å²) in [4.78, 5) is 23.8. The van der Waals surface area contributed by atoms with Crippen LogP contribution in [0.2, 0.25) is 0 Å². The fraction of sp³-hybridized carbons (Fsp3) is 0.800. The van der Waals surface area contributed by atoms with E-state index in [-0.39, 0.29) is 11.8 Å². The van der Waals surface area contributed by atoms with Crippen molar-refractivity contribution >= 4 is 11.8 Å². The first-order valence-electron chi connectivity index (χ1n) is 14.5. The maximum Gasteiger partial charge on any atom is 0.219 e. The number of unbranched alkanes of at least 4 members (excludes halogenated alkanes) is 13. The van der Waals surface area contributed by atoms with Crippen LogP contribution in [0.5, 0.6) is 0 Å². The molecule has 0 rings (SSSR count). The molecular weight excluding hydrogens is 420 g/mol. The number of allylic oxidation sites excluding steroid dienone is 4. The molecule has 0 bridgehead atoms. The van der Waals surface area contributed by atoms with Crippen LogP contribution in [0.4, 0.5) is 0 Å². The Morgan fingerprint density at radius 3 is 1.21 bits per heavy atom. The standard InChI is InChI=1S/C30H56N2O2/c1-3-5-7-9-11-13-15-17-19-23-27-31-29(33)25-21-22-26-30(34)32-28-24-20-18-16-14-12-10-8-6-4-2/h15-18H,3-14,19-28H2,1-2H3,(H,31,33)(H,32,34)/b17-15+,18-16+. The highest BCUT2D eigenvalue weighted by Gasteiger charge is 2.03. The van der Waals surface area contributed by atoms with Crippen LogP contribution < -0.4 is 10.6 Å². The number of carbonyl (C=O) groups is 2. The molecule has 0 aliphatic rings. The molecule has 0 aliphatic heterocycles. The van der Waals surface area contributed by atoms with Crippen molar-refractivity contribution < 1.29 is 9.59 Å². The molecule has 198 valence electrons. The van der Waals surface area contributed by atoms with E-state index in [4.69, 9.17) is 0 Å². The van der Waals surface area contributed by atoms with Crippen molar-refractivity contribution in [2.75, 3.05) is 13.1 Å². The quantitative estimate of drug-likeness (QED) is 0.103. The van der Waals surface area contributed by atoms with Gasteiger partial charge in [-0.1, -0.05) is 89.5 Å². The topological polar surface area (TPSA) is 58.2 Å². The number of nitrogens with one attached hydrogen (secondary N) is 2. The van der Waals surface area contributed by atoms with Gasteiger partial charge in [0.2, 0.25) is 11.8 Å². The number of hydrogen-bond donors (Lipinski definition) is 2. The molecule has 0 spiro atoms. The van der Waals surface area contributed by atoms with E-state index in [1.807, 2.05) is 0 Å². The highest BCUT2D eigenvalue weighted by atomic mass is 16.2. The van der Waals surface area contributed by atoms with Gasteiger partial charge in [-0.3, -0.25) is 9.59 Å². The first kappa shape index (κ1) is 32.4. The van der Waals surface area contributed by atoms with E-state index in [1.165, 1.54) is 77.0 Å². The maximum atomic E-state index is 11.9. The van der Waals surface area contributed by atoms with Gasteiger partial charge in [-0.05, 0) is 64.2 Å². The molecule has 0 unspecified atom stereocenters. The lowest BCUT2D eigenvalue weighted by Crippen LogP contribution is -2.25. The summed E-state index contributed by atoms with van der Waals surface area (Å²) in [5, 5.41) is 5.98. The molecule has 0 heterocycles. The summed E-state index contributed by atoms with van der Waals surface area (Å²) in [6, 6.07) is 0. The van der Waals surface area contributed by atoms with E-state index in [9.17, 15) is 9.59 Å². The summed E-state index contributed by atoms with van der Waals surface area (Å²) in [6.07, 6.45) is 31.4. The van der Waals surface area contributed by atoms with Gasteiger partial charge < -0.3 is 10.6 Å². The van der Waals surface area contributed by atoms with Gasteiger partial charge in [0.15, 0.2) is 0 Å². The van der Waals surface area contributed by atoms with Gasteiger partial charge in [0, 0.05) is 25.9 Å². The first-order chi connectivity index (χ1) is 16.7. The van der Waals surface area contributed by atoms with Gasteiger partial charge in [-0.25, -0.2) is 0 Å². The Morgan fingerprint density at radius 1 is 0.471 bits per heavy atom. The van der Waals surface area contributed by atoms with Crippen LogP contribution in [-0.4, -0.2) is 24.9 Å². The minimum absolute atomic E-state index is 0.109. The third kappa shape index (κ3) is 26.7. The molecule has 4 nitrogen and oxygen atoms in total. The van der Waals surface area contributed by atoms with Crippen molar-refractivity contribution in [2.45, 2.75) is 142 Å². The molecule has 0 fully saturated rings. The summed E-state index contributed by atoms with van der Waals surface area (Å²) < 4.78 is 0. The Kier molecular flexibility index (Phi) is 26.4. The molecular formula is C30H56N2O2. The van der Waals surface area contributed by atoms with Gasteiger partial charge >= 0.3 is 0 Å². The Morgan fingerprint density at radius 2 is 0.824 bits per heavy atom. The summed E-state index contributed by atoms with van der Waals surface area (Å²) in [5.74, 6) is 0.218. The van der Waals surface area contributed by atoms with Crippen LogP contribution in [0.15, 0.2) is 24.3 Å². The summed E-state index contributed by atoms with van der Waals surface area (Å²) in [7, 11) is 0. The molecule has 34 heavy (non-hydrogen) atoms. The zero-order chi connectivity index (χ0) is 25.0. The predicted octanol–water partition coefficient (Wildman–Crippen LogP) is 8.17. The molecule has 0 aromatic carbocycles. The normalized spacial score (nSPS) is 11.5. The largest absolute Gasteiger partial charge is 0.356 e. The second kappa shape index (κ2) is 27.7.